The summed E-state index contributed by atoms with van der Waals surface area (Å²) in [5, 5.41) is 12.8. The second kappa shape index (κ2) is 9.50. The van der Waals surface area contributed by atoms with Crippen LogP contribution in [0.3, 0.4) is 0 Å². The summed E-state index contributed by atoms with van der Waals surface area (Å²) in [5.41, 5.74) is 2.95. The average Bonchev–Trinajstić information content (AvgIpc) is 3.41. The Morgan fingerprint density at radius 2 is 1.76 bits per heavy atom. The first-order valence-corrected chi connectivity index (χ1v) is 12.2. The number of rotatable bonds is 5. The van der Waals surface area contributed by atoms with Gasteiger partial charge in [-0.25, -0.2) is 0 Å². The molecule has 1 amide bonds. The molecule has 9 heteroatoms. The summed E-state index contributed by atoms with van der Waals surface area (Å²) < 4.78 is 5.41. The van der Waals surface area contributed by atoms with Gasteiger partial charge >= 0.3 is 0 Å². The van der Waals surface area contributed by atoms with Crippen molar-refractivity contribution in [2.75, 3.05) is 31.0 Å². The number of amides is 1. The minimum Gasteiger partial charge on any atom is -0.507 e. The van der Waals surface area contributed by atoms with Crippen molar-refractivity contribution in [1.82, 2.24) is 4.98 Å². The Labute approximate surface area is 223 Å². The third-order valence-electron chi connectivity index (χ3n) is 6.47. The number of hydrogen-bond donors (Lipinski definition) is 2. The van der Waals surface area contributed by atoms with E-state index in [0.717, 1.165) is 16.6 Å². The molecule has 5 rings (SSSR count). The van der Waals surface area contributed by atoms with Crippen molar-refractivity contribution in [3.05, 3.63) is 93.6 Å². The van der Waals surface area contributed by atoms with Gasteiger partial charge in [0.25, 0.3) is 11.7 Å². The molecule has 2 N–H and O–H groups in total. The van der Waals surface area contributed by atoms with E-state index < -0.39 is 23.5 Å². The Kier molecular flexibility index (Phi) is 6.35. The van der Waals surface area contributed by atoms with Crippen LogP contribution in [-0.2, 0) is 9.59 Å². The van der Waals surface area contributed by atoms with E-state index in [-0.39, 0.29) is 26.9 Å². The molecule has 1 unspecified atom stereocenters. The zero-order valence-corrected chi connectivity index (χ0v) is 21.8. The maximum absolute atomic E-state index is 13.6. The number of anilines is 2. The van der Waals surface area contributed by atoms with Gasteiger partial charge in [-0.05, 0) is 42.5 Å². The lowest BCUT2D eigenvalue weighted by Crippen LogP contribution is -2.29. The van der Waals surface area contributed by atoms with E-state index in [2.05, 4.69) is 4.98 Å². The number of benzene rings is 3. The number of ketones is 1. The van der Waals surface area contributed by atoms with E-state index in [0.29, 0.717) is 11.3 Å². The Hall–Kier alpha value is -3.94. The molecule has 1 atom stereocenters. The van der Waals surface area contributed by atoms with Crippen molar-refractivity contribution in [2.45, 2.75) is 6.04 Å². The van der Waals surface area contributed by atoms with Gasteiger partial charge in [-0.15, -0.1) is 0 Å². The van der Waals surface area contributed by atoms with Gasteiger partial charge in [0.1, 0.15) is 11.5 Å². The second-order valence-electron chi connectivity index (χ2n) is 8.84. The lowest BCUT2D eigenvalue weighted by Gasteiger charge is -2.26. The molecule has 0 spiro atoms. The van der Waals surface area contributed by atoms with E-state index >= 15 is 0 Å². The van der Waals surface area contributed by atoms with Crippen LogP contribution < -0.4 is 14.5 Å². The third kappa shape index (κ3) is 4.10. The maximum atomic E-state index is 13.6. The number of aromatic nitrogens is 1. The largest absolute Gasteiger partial charge is 0.507 e. The molecule has 0 radical (unpaired) electrons. The molecule has 1 aromatic heterocycles. The molecule has 1 aliphatic rings. The molecule has 0 saturated carbocycles. The summed E-state index contributed by atoms with van der Waals surface area (Å²) >= 11 is 12.5. The van der Waals surface area contributed by atoms with Crippen molar-refractivity contribution in [1.29, 1.82) is 0 Å². The Morgan fingerprint density at radius 1 is 1.05 bits per heavy atom. The molecule has 3 aromatic carbocycles. The fourth-order valence-corrected chi connectivity index (χ4v) is 5.28. The van der Waals surface area contributed by atoms with Gasteiger partial charge in [-0.1, -0.05) is 41.4 Å². The van der Waals surface area contributed by atoms with Crippen molar-refractivity contribution < 1.29 is 19.4 Å². The number of Topliss-reactive ketones (excluding diaryl/α,β-unsaturated/α-hetero) is 1. The summed E-state index contributed by atoms with van der Waals surface area (Å²) in [7, 11) is 5.22. The molecule has 188 valence electrons. The van der Waals surface area contributed by atoms with Gasteiger partial charge < -0.3 is 19.7 Å². The zero-order valence-electron chi connectivity index (χ0n) is 20.3. The molecule has 1 fully saturated rings. The standard InChI is InChI=1S/C28H23Cl2N3O4/c1-32(2)16-8-10-17(11-9-16)33-24(20-14-31-22-7-5-4-6-18(20)22)23(26(35)28(33)36)25(34)19-12-15(29)13-21(30)27(19)37-3/h4-14,24,31,34H,1-3H3/b25-23+. The first-order valence-electron chi connectivity index (χ1n) is 11.4. The monoisotopic (exact) mass is 535 g/mol. The van der Waals surface area contributed by atoms with Gasteiger partial charge in [-0.3, -0.25) is 14.5 Å². The van der Waals surface area contributed by atoms with Crippen LogP contribution >= 0.6 is 23.2 Å². The number of aliphatic hydroxyl groups excluding tert-OH is 1. The highest BCUT2D eigenvalue weighted by molar-refractivity contribution is 6.52. The Balaban J connectivity index is 1.79. The summed E-state index contributed by atoms with van der Waals surface area (Å²) in [6.45, 7) is 0. The zero-order chi connectivity index (χ0) is 26.4. The number of methoxy groups -OCH3 is 1. The molecule has 0 bridgehead atoms. The number of aliphatic hydroxyl groups is 1. The topological polar surface area (TPSA) is 85.9 Å². The number of carbonyl (C=O) groups is 2. The molecule has 4 aromatic rings. The highest BCUT2D eigenvalue weighted by Crippen LogP contribution is 2.46. The number of carbonyl (C=O) groups excluding carboxylic acids is 2. The van der Waals surface area contributed by atoms with Crippen LogP contribution in [0.2, 0.25) is 10.0 Å². The van der Waals surface area contributed by atoms with E-state index in [1.54, 1.807) is 18.3 Å². The van der Waals surface area contributed by atoms with Crippen molar-refractivity contribution in [3.63, 3.8) is 0 Å². The first-order chi connectivity index (χ1) is 17.7. The average molecular weight is 536 g/mol. The van der Waals surface area contributed by atoms with E-state index in [9.17, 15) is 14.7 Å². The third-order valence-corrected chi connectivity index (χ3v) is 6.97. The van der Waals surface area contributed by atoms with Crippen molar-refractivity contribution in [2.24, 2.45) is 0 Å². The minimum atomic E-state index is -0.927. The summed E-state index contributed by atoms with van der Waals surface area (Å²) in [6.07, 6.45) is 1.75. The predicted octanol–water partition coefficient (Wildman–Crippen LogP) is 6.18. The van der Waals surface area contributed by atoms with Crippen LogP contribution in [-0.4, -0.2) is 43.0 Å². The number of halogens is 2. The fourth-order valence-electron chi connectivity index (χ4n) is 4.71. The van der Waals surface area contributed by atoms with Crippen LogP contribution in [0.1, 0.15) is 17.2 Å². The Morgan fingerprint density at radius 3 is 2.43 bits per heavy atom. The maximum Gasteiger partial charge on any atom is 0.300 e. The smallest absolute Gasteiger partial charge is 0.300 e. The lowest BCUT2D eigenvalue weighted by atomic mass is 9.94. The number of nitrogens with one attached hydrogen (secondary N) is 1. The van der Waals surface area contributed by atoms with Crippen LogP contribution in [0.25, 0.3) is 16.7 Å². The number of hydrogen-bond acceptors (Lipinski definition) is 5. The molecule has 1 saturated heterocycles. The van der Waals surface area contributed by atoms with E-state index in [4.69, 9.17) is 27.9 Å². The minimum absolute atomic E-state index is 0.0944. The second-order valence-corrected chi connectivity index (χ2v) is 9.68. The Bertz CT molecular complexity index is 1570. The van der Waals surface area contributed by atoms with E-state index in [1.807, 2.05) is 55.4 Å². The van der Waals surface area contributed by atoms with Gasteiger partial charge in [0.15, 0.2) is 0 Å². The van der Waals surface area contributed by atoms with Crippen LogP contribution in [0, 0.1) is 0 Å². The number of H-pyrrole nitrogens is 1. The van der Waals surface area contributed by atoms with Crippen molar-refractivity contribution >= 4 is 62.9 Å². The fraction of sp³-hybridized carbons (Fsp3) is 0.143. The number of nitrogens with zero attached hydrogens (tertiary/aromatic N) is 2. The summed E-state index contributed by atoms with van der Waals surface area (Å²) in [5.74, 6) is -1.88. The van der Waals surface area contributed by atoms with Crippen molar-refractivity contribution in [3.8, 4) is 5.75 Å². The number of para-hydroxylation sites is 1. The molecule has 0 aliphatic carbocycles. The van der Waals surface area contributed by atoms with Crippen LogP contribution in [0.5, 0.6) is 5.75 Å². The van der Waals surface area contributed by atoms with Crippen LogP contribution in [0.15, 0.2) is 72.4 Å². The van der Waals surface area contributed by atoms with E-state index in [1.165, 1.54) is 24.1 Å². The van der Waals surface area contributed by atoms with Gasteiger partial charge in [0, 0.05) is 53.2 Å². The molecule has 7 nitrogen and oxygen atoms in total. The van der Waals surface area contributed by atoms with Gasteiger partial charge in [0.2, 0.25) is 0 Å². The quantitative estimate of drug-likeness (QED) is 0.181. The highest BCUT2D eigenvalue weighted by Gasteiger charge is 2.48. The molecule has 37 heavy (non-hydrogen) atoms. The summed E-state index contributed by atoms with van der Waals surface area (Å²) in [4.78, 5) is 33.6. The highest BCUT2D eigenvalue weighted by atomic mass is 35.5. The molecule has 2 heterocycles. The number of aromatic amines is 1. The SMILES string of the molecule is COc1c(Cl)cc(Cl)cc1/C(O)=C1\C(=O)C(=O)N(c2ccc(N(C)C)cc2)C1c1c[nH]c2ccccc12. The lowest BCUT2D eigenvalue weighted by molar-refractivity contribution is -0.132. The number of fused-ring (bicyclic) bond motifs is 1. The normalized spacial score (nSPS) is 17.0. The molecular formula is C28H23Cl2N3O4. The molecule has 1 aliphatic heterocycles. The molecular weight excluding hydrogens is 513 g/mol. The van der Waals surface area contributed by atoms with Gasteiger partial charge in [-0.2, -0.15) is 0 Å². The summed E-state index contributed by atoms with van der Waals surface area (Å²) in [6, 6.07) is 16.8. The first kappa shape index (κ1) is 24.7. The van der Waals surface area contributed by atoms with Gasteiger partial charge in [0.05, 0.1) is 29.3 Å². The number of ether oxygens (including phenoxy) is 1. The predicted molar refractivity (Wildman–Crippen MR) is 147 cm³/mol. The van der Waals surface area contributed by atoms with Crippen LogP contribution in [0.4, 0.5) is 11.4 Å².